The zero-order valence-electron chi connectivity index (χ0n) is 11.8. The Morgan fingerprint density at radius 2 is 1.91 bits per heavy atom. The summed E-state index contributed by atoms with van der Waals surface area (Å²) < 4.78 is 14.5. The second kappa shape index (κ2) is 5.73. The normalized spacial score (nSPS) is 10.3. The van der Waals surface area contributed by atoms with Gasteiger partial charge in [-0.05, 0) is 42.5 Å². The van der Waals surface area contributed by atoms with Crippen molar-refractivity contribution in [2.75, 3.05) is 0 Å². The third kappa shape index (κ3) is 2.80. The summed E-state index contributed by atoms with van der Waals surface area (Å²) in [5.41, 5.74) is 1.99. The van der Waals surface area contributed by atoms with E-state index in [0.717, 1.165) is 0 Å². The Morgan fingerprint density at radius 3 is 2.57 bits per heavy atom. The highest BCUT2D eigenvalue weighted by Crippen LogP contribution is 2.25. The number of carboxylic acid groups (broad SMARTS) is 1. The molecule has 1 aromatic heterocycles. The Bertz CT molecular complexity index is 924. The molecular formula is C17H10FN3O2. The van der Waals surface area contributed by atoms with Crippen LogP contribution < -0.4 is 0 Å². The smallest absolute Gasteiger partial charge is 0.356 e. The van der Waals surface area contributed by atoms with E-state index in [1.54, 1.807) is 24.3 Å². The number of hydrogen-bond acceptors (Lipinski definition) is 3. The molecule has 0 amide bonds. The number of hydrogen-bond donors (Lipinski definition) is 1. The van der Waals surface area contributed by atoms with Crippen LogP contribution in [-0.4, -0.2) is 20.9 Å². The summed E-state index contributed by atoms with van der Waals surface area (Å²) >= 11 is 0. The van der Waals surface area contributed by atoms with Crippen molar-refractivity contribution in [2.45, 2.75) is 0 Å². The second-order valence-electron chi connectivity index (χ2n) is 4.80. The Hall–Kier alpha value is -3.46. The number of aromatic nitrogens is 2. The number of nitrogens with zero attached hydrogens (tertiary/aromatic N) is 3. The Kier molecular flexibility index (Phi) is 3.61. The molecule has 0 aliphatic carbocycles. The van der Waals surface area contributed by atoms with Gasteiger partial charge < -0.3 is 5.11 Å². The zero-order valence-corrected chi connectivity index (χ0v) is 11.8. The highest BCUT2D eigenvalue weighted by molar-refractivity contribution is 5.87. The first kappa shape index (κ1) is 14.5. The van der Waals surface area contributed by atoms with Crippen LogP contribution in [0.3, 0.4) is 0 Å². The van der Waals surface area contributed by atoms with Gasteiger partial charge >= 0.3 is 5.97 Å². The Labute approximate surface area is 130 Å². The van der Waals surface area contributed by atoms with Gasteiger partial charge in [-0.3, -0.25) is 0 Å². The lowest BCUT2D eigenvalue weighted by Gasteiger charge is -2.07. The van der Waals surface area contributed by atoms with Crippen molar-refractivity contribution >= 4 is 5.97 Å². The lowest BCUT2D eigenvalue weighted by molar-refractivity contribution is 0.0690. The van der Waals surface area contributed by atoms with E-state index < -0.39 is 11.8 Å². The van der Waals surface area contributed by atoms with E-state index in [-0.39, 0.29) is 5.69 Å². The molecule has 5 nitrogen and oxygen atoms in total. The van der Waals surface area contributed by atoms with Crippen molar-refractivity contribution < 1.29 is 14.3 Å². The minimum Gasteiger partial charge on any atom is -0.476 e. The van der Waals surface area contributed by atoms with Gasteiger partial charge in [-0.2, -0.15) is 10.4 Å². The molecule has 6 heteroatoms. The van der Waals surface area contributed by atoms with Gasteiger partial charge in [0.25, 0.3) is 0 Å². The standard InChI is InChI=1S/C17H10FN3O2/c18-13-4-6-14(7-5-13)21-16(9-15(20-21)17(22)23)12-3-1-2-11(8-12)10-19/h1-9H,(H,22,23). The molecule has 0 aliphatic rings. The molecule has 2 aromatic carbocycles. The maximum atomic E-state index is 13.1. The summed E-state index contributed by atoms with van der Waals surface area (Å²) in [6.45, 7) is 0. The largest absolute Gasteiger partial charge is 0.476 e. The molecule has 0 unspecified atom stereocenters. The topological polar surface area (TPSA) is 78.9 Å². The first-order valence-corrected chi connectivity index (χ1v) is 6.68. The van der Waals surface area contributed by atoms with Gasteiger partial charge in [0.15, 0.2) is 5.69 Å². The highest BCUT2D eigenvalue weighted by atomic mass is 19.1. The van der Waals surface area contributed by atoms with Crippen molar-refractivity contribution in [3.8, 4) is 23.0 Å². The van der Waals surface area contributed by atoms with Crippen LogP contribution in [0, 0.1) is 17.1 Å². The fraction of sp³-hybridized carbons (Fsp3) is 0. The number of aromatic carboxylic acids is 1. The predicted octanol–water partition coefficient (Wildman–Crippen LogP) is 3.25. The van der Waals surface area contributed by atoms with Crippen molar-refractivity contribution in [3.05, 3.63) is 71.7 Å². The van der Waals surface area contributed by atoms with E-state index >= 15 is 0 Å². The molecule has 23 heavy (non-hydrogen) atoms. The van der Waals surface area contributed by atoms with Gasteiger partial charge in [0.05, 0.1) is 23.0 Å². The SMILES string of the molecule is N#Cc1cccc(-c2cc(C(=O)O)nn2-c2ccc(F)cc2)c1. The van der Waals surface area contributed by atoms with E-state index in [4.69, 9.17) is 5.26 Å². The molecule has 3 rings (SSSR count). The molecule has 0 spiro atoms. The lowest BCUT2D eigenvalue weighted by atomic mass is 10.1. The average molecular weight is 307 g/mol. The summed E-state index contributed by atoms with van der Waals surface area (Å²) in [6.07, 6.45) is 0. The second-order valence-corrected chi connectivity index (χ2v) is 4.80. The summed E-state index contributed by atoms with van der Waals surface area (Å²) in [7, 11) is 0. The molecule has 1 heterocycles. The monoisotopic (exact) mass is 307 g/mol. The van der Waals surface area contributed by atoms with Gasteiger partial charge in [0.1, 0.15) is 5.82 Å². The van der Waals surface area contributed by atoms with Gasteiger partial charge in [0, 0.05) is 5.56 Å². The van der Waals surface area contributed by atoms with E-state index in [2.05, 4.69) is 5.10 Å². The summed E-state index contributed by atoms with van der Waals surface area (Å²) in [4.78, 5) is 11.2. The predicted molar refractivity (Wildman–Crippen MR) is 80.6 cm³/mol. The molecule has 0 bridgehead atoms. The minimum atomic E-state index is -1.16. The van der Waals surface area contributed by atoms with Crippen molar-refractivity contribution in [3.63, 3.8) is 0 Å². The highest BCUT2D eigenvalue weighted by Gasteiger charge is 2.16. The molecule has 0 aliphatic heterocycles. The van der Waals surface area contributed by atoms with Gasteiger partial charge in [-0.25, -0.2) is 13.9 Å². The van der Waals surface area contributed by atoms with Crippen LogP contribution >= 0.6 is 0 Å². The summed E-state index contributed by atoms with van der Waals surface area (Å²) in [5.74, 6) is -1.56. The van der Waals surface area contributed by atoms with Crippen molar-refractivity contribution in [1.82, 2.24) is 9.78 Å². The molecule has 0 radical (unpaired) electrons. The van der Waals surface area contributed by atoms with Crippen LogP contribution in [0.1, 0.15) is 16.1 Å². The van der Waals surface area contributed by atoms with Crippen molar-refractivity contribution in [2.24, 2.45) is 0 Å². The van der Waals surface area contributed by atoms with Crippen LogP contribution in [0.25, 0.3) is 16.9 Å². The lowest BCUT2D eigenvalue weighted by Crippen LogP contribution is -2.02. The first-order chi connectivity index (χ1) is 11.1. The quantitative estimate of drug-likeness (QED) is 0.805. The van der Waals surface area contributed by atoms with Gasteiger partial charge in [-0.15, -0.1) is 0 Å². The molecule has 1 N–H and O–H groups in total. The average Bonchev–Trinajstić information content (AvgIpc) is 3.01. The molecule has 3 aromatic rings. The van der Waals surface area contributed by atoms with Gasteiger partial charge in [-0.1, -0.05) is 12.1 Å². The van der Waals surface area contributed by atoms with E-state index in [9.17, 15) is 14.3 Å². The molecule has 0 fully saturated rings. The number of halogens is 1. The minimum absolute atomic E-state index is 0.133. The number of carbonyl (C=O) groups is 1. The maximum absolute atomic E-state index is 13.1. The Balaban J connectivity index is 2.20. The van der Waals surface area contributed by atoms with E-state index in [0.29, 0.717) is 22.5 Å². The van der Waals surface area contributed by atoms with Crippen molar-refractivity contribution in [1.29, 1.82) is 5.26 Å². The van der Waals surface area contributed by atoms with E-state index in [1.807, 2.05) is 6.07 Å². The molecule has 0 saturated carbocycles. The number of benzene rings is 2. The molecule has 0 atom stereocenters. The summed E-state index contributed by atoms with van der Waals surface area (Å²) in [6, 6.07) is 15.8. The maximum Gasteiger partial charge on any atom is 0.356 e. The number of rotatable bonds is 3. The fourth-order valence-electron chi connectivity index (χ4n) is 2.22. The van der Waals surface area contributed by atoms with Crippen LogP contribution in [-0.2, 0) is 0 Å². The first-order valence-electron chi connectivity index (χ1n) is 6.68. The van der Waals surface area contributed by atoms with Crippen LogP contribution in [0.15, 0.2) is 54.6 Å². The zero-order chi connectivity index (χ0) is 16.4. The van der Waals surface area contributed by atoms with Crippen LogP contribution in [0.5, 0.6) is 0 Å². The Morgan fingerprint density at radius 1 is 1.17 bits per heavy atom. The number of carboxylic acids is 1. The number of nitriles is 1. The van der Waals surface area contributed by atoms with Crippen LogP contribution in [0.2, 0.25) is 0 Å². The third-order valence-electron chi connectivity index (χ3n) is 3.29. The van der Waals surface area contributed by atoms with E-state index in [1.165, 1.54) is 35.0 Å². The fourth-order valence-corrected chi connectivity index (χ4v) is 2.22. The molecular weight excluding hydrogens is 297 g/mol. The molecule has 112 valence electrons. The summed E-state index contributed by atoms with van der Waals surface area (Å²) in [5, 5.41) is 22.2. The molecule has 0 saturated heterocycles. The van der Waals surface area contributed by atoms with Gasteiger partial charge in [0.2, 0.25) is 0 Å². The van der Waals surface area contributed by atoms with Crippen LogP contribution in [0.4, 0.5) is 4.39 Å². The third-order valence-corrected chi connectivity index (χ3v) is 3.29.